The van der Waals surface area contributed by atoms with E-state index in [0.29, 0.717) is 36.3 Å². The fourth-order valence-electron chi connectivity index (χ4n) is 4.47. The van der Waals surface area contributed by atoms with Gasteiger partial charge in [0.1, 0.15) is 17.4 Å². The van der Waals surface area contributed by atoms with Crippen LogP contribution in [0.25, 0.3) is 0 Å². The Balaban J connectivity index is 1.67. The van der Waals surface area contributed by atoms with Crippen LogP contribution in [0.2, 0.25) is 0 Å². The molecule has 1 aromatic rings. The van der Waals surface area contributed by atoms with Crippen LogP contribution in [0, 0.1) is 11.7 Å². The molecule has 0 aromatic heterocycles. The van der Waals surface area contributed by atoms with Crippen LogP contribution in [0.15, 0.2) is 59.4 Å². The number of allylic oxidation sites excluding steroid dienone is 3. The predicted molar refractivity (Wildman–Crippen MR) is 133 cm³/mol. The SMILES string of the molecule is C=CN(CCc1ccc(OC)cc1F)C(=O)C1=CC=C(N=C(C)N2C[C@@H](C)O[C@@H](C)C2)CC1C. The molecule has 34 heavy (non-hydrogen) atoms. The molecular weight excluding hydrogens is 433 g/mol. The van der Waals surface area contributed by atoms with Gasteiger partial charge in [0, 0.05) is 37.0 Å². The molecule has 1 aromatic carbocycles. The summed E-state index contributed by atoms with van der Waals surface area (Å²) < 4.78 is 25.1. The summed E-state index contributed by atoms with van der Waals surface area (Å²) in [6.45, 7) is 14.0. The summed E-state index contributed by atoms with van der Waals surface area (Å²) in [7, 11) is 1.50. The van der Waals surface area contributed by atoms with E-state index in [1.165, 1.54) is 19.4 Å². The van der Waals surface area contributed by atoms with E-state index >= 15 is 0 Å². The van der Waals surface area contributed by atoms with Gasteiger partial charge >= 0.3 is 0 Å². The number of hydrogen-bond donors (Lipinski definition) is 0. The lowest BCUT2D eigenvalue weighted by Crippen LogP contribution is -2.47. The molecular formula is C27H36FN3O3. The largest absolute Gasteiger partial charge is 0.497 e. The van der Waals surface area contributed by atoms with Gasteiger partial charge in [-0.3, -0.25) is 4.79 Å². The van der Waals surface area contributed by atoms with Gasteiger partial charge in [-0.15, -0.1) is 0 Å². The molecule has 1 fully saturated rings. The Morgan fingerprint density at radius 3 is 2.59 bits per heavy atom. The highest BCUT2D eigenvalue weighted by Crippen LogP contribution is 2.28. The molecule has 1 aliphatic heterocycles. The molecule has 1 saturated heterocycles. The predicted octanol–water partition coefficient (Wildman–Crippen LogP) is 4.73. The Bertz CT molecular complexity index is 991. The van der Waals surface area contributed by atoms with Crippen LogP contribution in [0.1, 0.15) is 39.7 Å². The highest BCUT2D eigenvalue weighted by Gasteiger charge is 2.26. The van der Waals surface area contributed by atoms with Crippen molar-refractivity contribution < 1.29 is 18.7 Å². The molecule has 0 spiro atoms. The highest BCUT2D eigenvalue weighted by atomic mass is 19.1. The molecule has 3 atom stereocenters. The van der Waals surface area contributed by atoms with Crippen molar-refractivity contribution in [2.24, 2.45) is 10.9 Å². The molecule has 7 heteroatoms. The van der Waals surface area contributed by atoms with E-state index in [2.05, 4.69) is 25.3 Å². The molecule has 1 unspecified atom stereocenters. The molecule has 2 aliphatic rings. The van der Waals surface area contributed by atoms with E-state index < -0.39 is 0 Å². The zero-order valence-corrected chi connectivity index (χ0v) is 20.9. The molecule has 0 N–H and O–H groups in total. The van der Waals surface area contributed by atoms with E-state index in [4.69, 9.17) is 14.5 Å². The molecule has 0 saturated carbocycles. The summed E-state index contributed by atoms with van der Waals surface area (Å²) in [5.41, 5.74) is 2.20. The van der Waals surface area contributed by atoms with Gasteiger partial charge in [0.25, 0.3) is 5.91 Å². The fourth-order valence-corrected chi connectivity index (χ4v) is 4.47. The summed E-state index contributed by atoms with van der Waals surface area (Å²) in [4.78, 5) is 21.8. The fraction of sp³-hybridized carbons (Fsp3) is 0.481. The minimum absolute atomic E-state index is 0.0201. The average Bonchev–Trinajstić information content (AvgIpc) is 2.79. The van der Waals surface area contributed by atoms with E-state index in [0.717, 1.165) is 24.6 Å². The standard InChI is InChI=1S/C27H36FN3O3/c1-7-30(13-12-22-8-10-24(33-6)15-26(22)28)27(32)25-11-9-23(14-18(25)2)29-21(5)31-16-19(3)34-20(4)17-31/h7-11,15,18-20H,1,12-14,16-17H2,2-6H3/t18?,19-,20+. The summed E-state index contributed by atoms with van der Waals surface area (Å²) in [6, 6.07) is 4.76. The molecule has 1 amide bonds. The minimum atomic E-state index is -0.342. The number of benzene rings is 1. The molecule has 1 aliphatic carbocycles. The maximum atomic E-state index is 14.3. The summed E-state index contributed by atoms with van der Waals surface area (Å²) in [6.07, 6.45) is 6.71. The van der Waals surface area contributed by atoms with Crippen molar-refractivity contribution in [2.75, 3.05) is 26.7 Å². The number of amides is 1. The Hall–Kier alpha value is -2.93. The zero-order chi connectivity index (χ0) is 24.8. The Kier molecular flexibility index (Phi) is 8.67. The van der Waals surface area contributed by atoms with E-state index in [1.54, 1.807) is 17.0 Å². The number of nitrogens with zero attached hydrogens (tertiary/aromatic N) is 3. The van der Waals surface area contributed by atoms with Crippen molar-refractivity contribution in [2.45, 2.75) is 52.7 Å². The molecule has 1 heterocycles. The van der Waals surface area contributed by atoms with Gasteiger partial charge in [-0.2, -0.15) is 0 Å². The van der Waals surface area contributed by atoms with Crippen molar-refractivity contribution in [3.63, 3.8) is 0 Å². The van der Waals surface area contributed by atoms with Crippen LogP contribution < -0.4 is 4.74 Å². The second-order valence-corrected chi connectivity index (χ2v) is 9.09. The van der Waals surface area contributed by atoms with E-state index in [-0.39, 0.29) is 29.9 Å². The number of ether oxygens (including phenoxy) is 2. The summed E-state index contributed by atoms with van der Waals surface area (Å²) in [5.74, 6) is 1.01. The molecule has 0 radical (unpaired) electrons. The second kappa shape index (κ2) is 11.5. The van der Waals surface area contributed by atoms with Crippen LogP contribution in [0.3, 0.4) is 0 Å². The highest BCUT2D eigenvalue weighted by molar-refractivity contribution is 5.95. The normalized spacial score (nSPS) is 23.2. The first-order chi connectivity index (χ1) is 16.2. The topological polar surface area (TPSA) is 54.4 Å². The molecule has 184 valence electrons. The Morgan fingerprint density at radius 1 is 1.29 bits per heavy atom. The van der Waals surface area contributed by atoms with Crippen molar-refractivity contribution >= 4 is 11.7 Å². The number of methoxy groups -OCH3 is 1. The van der Waals surface area contributed by atoms with Crippen molar-refractivity contribution in [3.05, 3.63) is 65.8 Å². The Labute approximate surface area is 202 Å². The maximum absolute atomic E-state index is 14.3. The van der Waals surface area contributed by atoms with Crippen LogP contribution in [0.4, 0.5) is 4.39 Å². The quantitative estimate of drug-likeness (QED) is 0.428. The third-order valence-electron chi connectivity index (χ3n) is 6.29. The van der Waals surface area contributed by atoms with Gasteiger partial charge in [-0.1, -0.05) is 25.6 Å². The maximum Gasteiger partial charge on any atom is 0.253 e. The first-order valence-corrected chi connectivity index (χ1v) is 11.8. The number of amidine groups is 1. The number of morpholine rings is 1. The van der Waals surface area contributed by atoms with Crippen LogP contribution in [0.5, 0.6) is 5.75 Å². The van der Waals surface area contributed by atoms with Crippen LogP contribution in [-0.2, 0) is 16.0 Å². The van der Waals surface area contributed by atoms with E-state index in [1.807, 2.05) is 26.0 Å². The molecule has 0 bridgehead atoms. The van der Waals surface area contributed by atoms with Crippen molar-refractivity contribution in [1.29, 1.82) is 0 Å². The van der Waals surface area contributed by atoms with Crippen LogP contribution in [-0.4, -0.2) is 60.5 Å². The smallest absolute Gasteiger partial charge is 0.253 e. The summed E-state index contributed by atoms with van der Waals surface area (Å²) in [5, 5.41) is 0. The van der Waals surface area contributed by atoms with E-state index in [9.17, 15) is 9.18 Å². The number of halogens is 1. The molecule has 3 rings (SSSR count). The number of hydrogen-bond acceptors (Lipinski definition) is 4. The van der Waals surface area contributed by atoms with Gasteiger partial charge in [-0.25, -0.2) is 9.38 Å². The van der Waals surface area contributed by atoms with Gasteiger partial charge in [0.2, 0.25) is 0 Å². The average molecular weight is 470 g/mol. The van der Waals surface area contributed by atoms with Gasteiger partial charge in [0.15, 0.2) is 0 Å². The third kappa shape index (κ3) is 6.35. The lowest BCUT2D eigenvalue weighted by atomic mass is 9.90. The first kappa shape index (κ1) is 25.7. The van der Waals surface area contributed by atoms with Crippen LogP contribution >= 0.6 is 0 Å². The number of carbonyl (C=O) groups is 1. The lowest BCUT2D eigenvalue weighted by molar-refractivity contribution is -0.125. The minimum Gasteiger partial charge on any atom is -0.497 e. The number of rotatable bonds is 7. The first-order valence-electron chi connectivity index (χ1n) is 11.8. The monoisotopic (exact) mass is 469 g/mol. The number of carbonyl (C=O) groups excluding carboxylic acids is 1. The van der Waals surface area contributed by atoms with Gasteiger partial charge in [0.05, 0.1) is 19.3 Å². The Morgan fingerprint density at radius 2 is 2.00 bits per heavy atom. The van der Waals surface area contributed by atoms with Gasteiger partial charge in [-0.05, 0) is 63.4 Å². The summed E-state index contributed by atoms with van der Waals surface area (Å²) >= 11 is 0. The lowest BCUT2D eigenvalue weighted by Gasteiger charge is -2.36. The number of aliphatic imine (C=N–C) groups is 1. The molecule has 6 nitrogen and oxygen atoms in total. The van der Waals surface area contributed by atoms with Crippen molar-refractivity contribution in [3.8, 4) is 5.75 Å². The second-order valence-electron chi connectivity index (χ2n) is 9.09. The van der Waals surface area contributed by atoms with Gasteiger partial charge < -0.3 is 19.3 Å². The van der Waals surface area contributed by atoms with Crippen molar-refractivity contribution in [1.82, 2.24) is 9.80 Å². The third-order valence-corrected chi connectivity index (χ3v) is 6.29. The zero-order valence-electron chi connectivity index (χ0n) is 20.9.